The third-order valence-electron chi connectivity index (χ3n) is 4.37. The van der Waals surface area contributed by atoms with E-state index in [0.29, 0.717) is 11.8 Å². The lowest BCUT2D eigenvalue weighted by molar-refractivity contribution is -0.137. The number of carbonyl (C=O) groups excluding carboxylic acids is 1. The molecule has 3 rings (SSSR count). The molecule has 0 aliphatic rings. The van der Waals surface area contributed by atoms with Crippen LogP contribution in [-0.2, 0) is 16.2 Å². The van der Waals surface area contributed by atoms with Crippen LogP contribution in [-0.4, -0.2) is 26.4 Å². The van der Waals surface area contributed by atoms with Crippen LogP contribution in [0.2, 0.25) is 15.1 Å². The molecule has 13 heteroatoms. The van der Waals surface area contributed by atoms with Crippen molar-refractivity contribution in [1.29, 1.82) is 0 Å². The van der Waals surface area contributed by atoms with Crippen LogP contribution in [0.25, 0.3) is 0 Å². The molecule has 0 atom stereocenters. The summed E-state index contributed by atoms with van der Waals surface area (Å²) in [6.45, 7) is 0. The fourth-order valence-corrected chi connectivity index (χ4v) is 4.50. The minimum atomic E-state index is -4.88. The summed E-state index contributed by atoms with van der Waals surface area (Å²) >= 11 is 17.6. The van der Waals surface area contributed by atoms with Gasteiger partial charge in [0.2, 0.25) is 0 Å². The first-order chi connectivity index (χ1) is 15.3. The quantitative estimate of drug-likeness (QED) is 0.423. The number of halogens is 6. The predicted molar refractivity (Wildman–Crippen MR) is 121 cm³/mol. The fraction of sp³-hybridized carbons (Fsp3) is 0.100. The summed E-state index contributed by atoms with van der Waals surface area (Å²) in [7, 11) is -3.19. The number of pyridine rings is 1. The van der Waals surface area contributed by atoms with Crippen LogP contribution in [0.15, 0.2) is 59.6 Å². The lowest BCUT2D eigenvalue weighted by atomic mass is 10.2. The zero-order valence-electron chi connectivity index (χ0n) is 16.5. The number of hydrogen-bond acceptors (Lipinski definition) is 4. The molecule has 0 spiro atoms. The largest absolute Gasteiger partial charge is 0.417 e. The highest BCUT2D eigenvalue weighted by atomic mass is 35.5. The third-order valence-corrected chi connectivity index (χ3v) is 6.59. The zero-order chi connectivity index (χ0) is 24.6. The number of hydrogen-bond donors (Lipinski definition) is 1. The highest BCUT2D eigenvalue weighted by Crippen LogP contribution is 2.36. The van der Waals surface area contributed by atoms with E-state index in [2.05, 4.69) is 9.71 Å². The van der Waals surface area contributed by atoms with Gasteiger partial charge in [0.25, 0.3) is 15.9 Å². The van der Waals surface area contributed by atoms with Gasteiger partial charge in [-0.25, -0.2) is 13.4 Å². The number of nitrogens with one attached hydrogen (secondary N) is 1. The van der Waals surface area contributed by atoms with E-state index >= 15 is 0 Å². The molecule has 6 nitrogen and oxygen atoms in total. The molecular formula is C20H13Cl3F3N3O3S. The Morgan fingerprint density at radius 3 is 2.33 bits per heavy atom. The van der Waals surface area contributed by atoms with Crippen molar-refractivity contribution in [3.63, 3.8) is 0 Å². The van der Waals surface area contributed by atoms with Crippen LogP contribution < -0.4 is 9.62 Å². The average Bonchev–Trinajstić information content (AvgIpc) is 2.72. The molecule has 1 N–H and O–H groups in total. The zero-order valence-corrected chi connectivity index (χ0v) is 19.6. The normalized spacial score (nSPS) is 11.8. The Bertz CT molecular complexity index is 1330. The van der Waals surface area contributed by atoms with E-state index in [1.165, 1.54) is 7.05 Å². The molecule has 174 valence electrons. The van der Waals surface area contributed by atoms with Crippen molar-refractivity contribution in [2.45, 2.75) is 11.1 Å². The van der Waals surface area contributed by atoms with E-state index in [1.54, 1.807) is 24.3 Å². The second-order valence-electron chi connectivity index (χ2n) is 6.61. The summed E-state index contributed by atoms with van der Waals surface area (Å²) in [6.07, 6.45) is -3.75. The van der Waals surface area contributed by atoms with E-state index in [9.17, 15) is 26.4 Å². The molecule has 1 aromatic heterocycles. The molecule has 0 fully saturated rings. The summed E-state index contributed by atoms with van der Waals surface area (Å²) in [6, 6.07) is 9.63. The van der Waals surface area contributed by atoms with Crippen LogP contribution in [0, 0.1) is 0 Å². The minimum Gasteiger partial charge on any atom is -0.309 e. The van der Waals surface area contributed by atoms with Gasteiger partial charge in [0.1, 0.15) is 0 Å². The molecule has 0 bridgehead atoms. The second-order valence-corrected chi connectivity index (χ2v) is 9.54. The lowest BCUT2D eigenvalue weighted by Gasteiger charge is -2.20. The maximum atomic E-state index is 13.2. The lowest BCUT2D eigenvalue weighted by Crippen LogP contribution is -2.29. The van der Waals surface area contributed by atoms with E-state index in [1.807, 2.05) is 0 Å². The fourth-order valence-electron chi connectivity index (χ4n) is 2.77. The van der Waals surface area contributed by atoms with E-state index in [0.717, 1.165) is 29.3 Å². The summed E-state index contributed by atoms with van der Waals surface area (Å²) in [5, 5.41) is -0.426. The van der Waals surface area contributed by atoms with Crippen LogP contribution in [0.4, 0.5) is 24.5 Å². The first-order valence-electron chi connectivity index (χ1n) is 8.89. The van der Waals surface area contributed by atoms with E-state index in [4.69, 9.17) is 34.8 Å². The molecule has 33 heavy (non-hydrogen) atoms. The van der Waals surface area contributed by atoms with Crippen molar-refractivity contribution in [3.05, 3.63) is 81.1 Å². The van der Waals surface area contributed by atoms with Gasteiger partial charge in [-0.3, -0.25) is 9.52 Å². The van der Waals surface area contributed by atoms with Gasteiger partial charge in [-0.1, -0.05) is 46.9 Å². The van der Waals surface area contributed by atoms with Crippen molar-refractivity contribution < 1.29 is 26.4 Å². The second kappa shape index (κ2) is 9.38. The SMILES string of the molecule is CN(C(=O)c1ncc(Cl)cc1NS(=O)(=O)c1ccc(Cl)c(C(F)(F)F)c1)c1ccccc1Cl. The van der Waals surface area contributed by atoms with Crippen molar-refractivity contribution in [3.8, 4) is 0 Å². The first kappa shape index (κ1) is 25.1. The predicted octanol–water partition coefficient (Wildman–Crippen LogP) is 6.14. The van der Waals surface area contributed by atoms with Gasteiger partial charge in [0.15, 0.2) is 5.69 Å². The van der Waals surface area contributed by atoms with Crippen molar-refractivity contribution >= 4 is 62.1 Å². The number of benzene rings is 2. The van der Waals surface area contributed by atoms with Gasteiger partial charge < -0.3 is 4.90 Å². The van der Waals surface area contributed by atoms with Gasteiger partial charge in [-0.2, -0.15) is 13.2 Å². The summed E-state index contributed by atoms with van der Waals surface area (Å²) < 4.78 is 67.2. The van der Waals surface area contributed by atoms with E-state index in [-0.39, 0.29) is 21.4 Å². The molecule has 0 aliphatic carbocycles. The molecule has 2 aromatic carbocycles. The monoisotopic (exact) mass is 537 g/mol. The molecular weight excluding hydrogens is 526 g/mol. The van der Waals surface area contributed by atoms with E-state index < -0.39 is 37.6 Å². The Balaban J connectivity index is 2.02. The summed E-state index contributed by atoms with van der Waals surface area (Å²) in [5.74, 6) is -0.746. The van der Waals surface area contributed by atoms with Gasteiger partial charge in [-0.05, 0) is 36.4 Å². The topological polar surface area (TPSA) is 79.4 Å². The molecule has 0 saturated heterocycles. The maximum absolute atomic E-state index is 13.2. The van der Waals surface area contributed by atoms with Gasteiger partial charge >= 0.3 is 6.18 Å². The Morgan fingerprint density at radius 1 is 1.03 bits per heavy atom. The van der Waals surface area contributed by atoms with Gasteiger partial charge in [0, 0.05) is 13.2 Å². The molecule has 0 unspecified atom stereocenters. The third kappa shape index (κ3) is 5.52. The highest BCUT2D eigenvalue weighted by molar-refractivity contribution is 7.92. The van der Waals surface area contributed by atoms with Crippen LogP contribution in [0.5, 0.6) is 0 Å². The smallest absolute Gasteiger partial charge is 0.309 e. The molecule has 0 saturated carbocycles. The van der Waals surface area contributed by atoms with Crippen molar-refractivity contribution in [2.75, 3.05) is 16.7 Å². The van der Waals surface area contributed by atoms with Crippen LogP contribution in [0.1, 0.15) is 16.1 Å². The summed E-state index contributed by atoms with van der Waals surface area (Å²) in [5.41, 5.74) is -1.70. The standard InChI is InChI=1S/C20H13Cl3F3N3O3S/c1-29(17-5-3-2-4-15(17)23)19(30)18-16(8-11(21)10-27-18)28-33(31,32)12-6-7-14(22)13(9-12)20(24,25)26/h2-10,28H,1H3. The van der Waals surface area contributed by atoms with Crippen molar-refractivity contribution in [1.82, 2.24) is 4.98 Å². The number of alkyl halides is 3. The highest BCUT2D eigenvalue weighted by Gasteiger charge is 2.35. The number of carbonyl (C=O) groups is 1. The Morgan fingerprint density at radius 2 is 1.70 bits per heavy atom. The van der Waals surface area contributed by atoms with Gasteiger partial charge in [-0.15, -0.1) is 0 Å². The van der Waals surface area contributed by atoms with Crippen LogP contribution >= 0.6 is 34.8 Å². The Kier molecular flexibility index (Phi) is 7.13. The number of nitrogens with zero attached hydrogens (tertiary/aromatic N) is 2. The number of para-hydroxylation sites is 1. The molecule has 0 radical (unpaired) electrons. The number of anilines is 2. The Hall–Kier alpha value is -2.53. The number of rotatable bonds is 5. The average molecular weight is 539 g/mol. The first-order valence-corrected chi connectivity index (χ1v) is 11.5. The van der Waals surface area contributed by atoms with Crippen molar-refractivity contribution in [2.24, 2.45) is 0 Å². The molecule has 1 heterocycles. The van der Waals surface area contributed by atoms with Crippen LogP contribution in [0.3, 0.4) is 0 Å². The Labute approximate surface area is 201 Å². The number of aromatic nitrogens is 1. The number of amides is 1. The number of sulfonamides is 1. The summed E-state index contributed by atoms with van der Waals surface area (Å²) in [4.78, 5) is 17.4. The minimum absolute atomic E-state index is 0.0169. The molecule has 0 aliphatic heterocycles. The molecule has 3 aromatic rings. The van der Waals surface area contributed by atoms with Gasteiger partial charge in [0.05, 0.1) is 36.9 Å². The molecule has 1 amide bonds. The maximum Gasteiger partial charge on any atom is 0.417 e.